The number of hydrogen-bond donors (Lipinski definition) is 2. The molecule has 3 heterocycles. The summed E-state index contributed by atoms with van der Waals surface area (Å²) in [6.45, 7) is 11.0. The van der Waals surface area contributed by atoms with Crippen molar-refractivity contribution in [2.75, 3.05) is 5.73 Å². The summed E-state index contributed by atoms with van der Waals surface area (Å²) in [6, 6.07) is 9.69. The molecule has 3 N–H and O–H groups in total. The summed E-state index contributed by atoms with van der Waals surface area (Å²) >= 11 is 0. The van der Waals surface area contributed by atoms with E-state index in [2.05, 4.69) is 50.1 Å². The molecule has 1 aromatic heterocycles. The Morgan fingerprint density at radius 3 is 2.67 bits per heavy atom. The van der Waals surface area contributed by atoms with Gasteiger partial charge in [-0.05, 0) is 74.7 Å². The van der Waals surface area contributed by atoms with Crippen LogP contribution in [-0.2, 0) is 25.9 Å². The van der Waals surface area contributed by atoms with Crippen molar-refractivity contribution in [3.63, 3.8) is 0 Å². The number of nitrogens with two attached hydrogens (primary N) is 1. The smallest absolute Gasteiger partial charge is 0.404 e. The number of hydrogen-bond acceptors (Lipinski definition) is 6. The molecule has 0 spiro atoms. The number of fused-ring (bicyclic) bond motifs is 1. The zero-order valence-corrected chi connectivity index (χ0v) is 24.5. The van der Waals surface area contributed by atoms with E-state index in [1.807, 2.05) is 25.1 Å². The number of carbonyl (C=O) groups excluding carboxylic acids is 1. The number of nitrogens with zero attached hydrogens (tertiary/aromatic N) is 2. The first-order valence-corrected chi connectivity index (χ1v) is 15.0. The third-order valence-electron chi connectivity index (χ3n) is 10.9. The van der Waals surface area contributed by atoms with Crippen molar-refractivity contribution >= 4 is 18.7 Å². The zero-order chi connectivity index (χ0) is 28.4. The van der Waals surface area contributed by atoms with Crippen molar-refractivity contribution < 1.29 is 14.1 Å². The Morgan fingerprint density at radius 2 is 1.98 bits per heavy atom. The van der Waals surface area contributed by atoms with Crippen molar-refractivity contribution in [1.82, 2.24) is 14.9 Å². The fraction of sp³-hybridized carbons (Fsp3) is 0.645. The topological polar surface area (TPSA) is 108 Å². The van der Waals surface area contributed by atoms with Crippen molar-refractivity contribution in [2.24, 2.45) is 17.3 Å². The standard InChI is InChI=1S/C31H43BN4O4/c1-6-25(32-39-24-16-20-15-23(29(20,2)3)31(24,5)40-32)35-26(37)22-17-30(4,14-10-13-19-11-8-7-9-12-19)28-34-18-21(33)27(38)36(22)28/h7-9,11-12,18,20,22-25H,6,10,13-17,33H2,1-5H3,(H,35,37)/t20-,22-,23-,24+,25-,30+,31-/m0/s1. The minimum absolute atomic E-state index is 0.0481. The lowest BCUT2D eigenvalue weighted by Crippen LogP contribution is -2.65. The highest BCUT2D eigenvalue weighted by molar-refractivity contribution is 6.47. The second kappa shape index (κ2) is 9.73. The average Bonchev–Trinajstić information content (AvgIpc) is 3.44. The molecule has 7 rings (SSSR count). The van der Waals surface area contributed by atoms with Crippen LogP contribution in [0.2, 0.25) is 0 Å². The van der Waals surface area contributed by atoms with Gasteiger partial charge in [0.05, 0.1) is 23.8 Å². The number of anilines is 1. The van der Waals surface area contributed by atoms with Crippen LogP contribution in [0.5, 0.6) is 0 Å². The van der Waals surface area contributed by atoms with Gasteiger partial charge in [0.2, 0.25) is 5.91 Å². The fourth-order valence-electron chi connectivity index (χ4n) is 8.29. The van der Waals surface area contributed by atoms with E-state index >= 15 is 0 Å². The van der Waals surface area contributed by atoms with Crippen LogP contribution < -0.4 is 16.6 Å². The Kier molecular flexibility index (Phi) is 6.69. The van der Waals surface area contributed by atoms with Crippen molar-refractivity contribution in [3.05, 3.63) is 58.3 Å². The summed E-state index contributed by atoms with van der Waals surface area (Å²) in [5, 5.41) is 3.22. The Bertz CT molecular complexity index is 1350. The third kappa shape index (κ3) is 4.23. The van der Waals surface area contributed by atoms with Gasteiger partial charge in [0.1, 0.15) is 17.6 Å². The van der Waals surface area contributed by atoms with Gasteiger partial charge in [0, 0.05) is 5.41 Å². The molecule has 5 aliphatic rings. The second-order valence-electron chi connectivity index (χ2n) is 13.7. The van der Waals surface area contributed by atoms with Crippen LogP contribution in [-0.4, -0.2) is 40.2 Å². The Morgan fingerprint density at radius 1 is 1.23 bits per heavy atom. The van der Waals surface area contributed by atoms with Crippen LogP contribution in [0, 0.1) is 17.3 Å². The molecule has 214 valence electrons. The number of nitrogens with one attached hydrogen (secondary N) is 1. The molecule has 2 aliphatic heterocycles. The lowest BCUT2D eigenvalue weighted by Gasteiger charge is -2.64. The molecule has 4 fully saturated rings. The Hall–Kier alpha value is -2.65. The van der Waals surface area contributed by atoms with E-state index in [4.69, 9.17) is 15.0 Å². The van der Waals surface area contributed by atoms with Gasteiger partial charge in [-0.25, -0.2) is 4.98 Å². The molecule has 1 aromatic carbocycles. The number of amides is 1. The number of nitrogen functional groups attached to an aromatic ring is 1. The van der Waals surface area contributed by atoms with Gasteiger partial charge in [-0.15, -0.1) is 0 Å². The first-order valence-electron chi connectivity index (χ1n) is 15.0. The van der Waals surface area contributed by atoms with Gasteiger partial charge in [0.15, 0.2) is 0 Å². The minimum atomic E-state index is -0.680. The van der Waals surface area contributed by atoms with Crippen LogP contribution >= 0.6 is 0 Å². The number of benzene rings is 1. The van der Waals surface area contributed by atoms with E-state index in [-0.39, 0.29) is 40.2 Å². The molecule has 3 saturated carbocycles. The van der Waals surface area contributed by atoms with Gasteiger partial charge < -0.3 is 20.4 Å². The molecule has 2 aromatic rings. The Labute approximate surface area is 237 Å². The molecule has 1 saturated heterocycles. The highest BCUT2D eigenvalue weighted by Crippen LogP contribution is 2.65. The molecule has 0 unspecified atom stereocenters. The normalized spacial score (nSPS) is 34.1. The number of carbonyl (C=O) groups is 1. The highest BCUT2D eigenvalue weighted by atomic mass is 16.7. The summed E-state index contributed by atoms with van der Waals surface area (Å²) in [4.78, 5) is 31.8. The van der Waals surface area contributed by atoms with Crippen molar-refractivity contribution in [2.45, 2.75) is 109 Å². The van der Waals surface area contributed by atoms with E-state index in [1.165, 1.54) is 22.7 Å². The Balaban J connectivity index is 1.19. The maximum Gasteiger partial charge on any atom is 0.481 e. The van der Waals surface area contributed by atoms with E-state index in [1.54, 1.807) is 0 Å². The van der Waals surface area contributed by atoms with Crippen LogP contribution in [0.25, 0.3) is 0 Å². The first kappa shape index (κ1) is 27.5. The van der Waals surface area contributed by atoms with E-state index in [9.17, 15) is 9.59 Å². The largest absolute Gasteiger partial charge is 0.481 e. The molecule has 8 nitrogen and oxygen atoms in total. The van der Waals surface area contributed by atoms with Crippen LogP contribution in [0.15, 0.2) is 41.3 Å². The predicted octanol–water partition coefficient (Wildman–Crippen LogP) is 4.21. The summed E-state index contributed by atoms with van der Waals surface area (Å²) < 4.78 is 14.7. The van der Waals surface area contributed by atoms with Crippen molar-refractivity contribution in [3.8, 4) is 0 Å². The molecular formula is C31H43BN4O4. The van der Waals surface area contributed by atoms with Gasteiger partial charge in [-0.2, -0.15) is 0 Å². The zero-order valence-electron chi connectivity index (χ0n) is 24.5. The third-order valence-corrected chi connectivity index (χ3v) is 10.9. The molecule has 1 amide bonds. The minimum Gasteiger partial charge on any atom is -0.404 e. The van der Waals surface area contributed by atoms with E-state index in [0.29, 0.717) is 30.5 Å². The molecule has 0 radical (unpaired) electrons. The predicted molar refractivity (Wildman–Crippen MR) is 156 cm³/mol. The SMILES string of the molecule is CC[C@H](NC(=O)[C@@H]1C[C@@](C)(CCCc2ccccc2)c2ncc(N)c(=O)n21)B1O[C@@H]2C[C@@H]3C[C@@H](C3(C)C)[C@]2(C)O1. The number of aryl methyl sites for hydroxylation is 1. The maximum atomic E-state index is 13.9. The quantitative estimate of drug-likeness (QED) is 0.481. The van der Waals surface area contributed by atoms with Gasteiger partial charge in [-0.3, -0.25) is 14.2 Å². The second-order valence-corrected chi connectivity index (χ2v) is 13.7. The number of rotatable bonds is 8. The van der Waals surface area contributed by atoms with Crippen LogP contribution in [0.3, 0.4) is 0 Å². The molecule has 2 bridgehead atoms. The van der Waals surface area contributed by atoms with Gasteiger partial charge in [0.25, 0.3) is 5.56 Å². The van der Waals surface area contributed by atoms with E-state index in [0.717, 1.165) is 25.7 Å². The van der Waals surface area contributed by atoms with E-state index < -0.39 is 18.6 Å². The first-order chi connectivity index (χ1) is 19.0. The van der Waals surface area contributed by atoms with Gasteiger partial charge >= 0.3 is 7.12 Å². The average molecular weight is 547 g/mol. The molecule has 9 heteroatoms. The summed E-state index contributed by atoms with van der Waals surface area (Å²) in [5.41, 5.74) is 6.48. The van der Waals surface area contributed by atoms with Gasteiger partial charge in [-0.1, -0.05) is 58.0 Å². The molecule has 3 aliphatic carbocycles. The van der Waals surface area contributed by atoms with Crippen LogP contribution in [0.1, 0.15) is 90.6 Å². The lowest BCUT2D eigenvalue weighted by molar-refractivity contribution is -0.199. The summed E-state index contributed by atoms with van der Waals surface area (Å²) in [7, 11) is -0.507. The summed E-state index contributed by atoms with van der Waals surface area (Å²) in [5.74, 6) is 1.24. The van der Waals surface area contributed by atoms with Crippen LogP contribution in [0.4, 0.5) is 5.69 Å². The summed E-state index contributed by atoms with van der Waals surface area (Å²) in [6.07, 6.45) is 7.49. The highest BCUT2D eigenvalue weighted by Gasteiger charge is 2.68. The van der Waals surface area contributed by atoms with Crippen molar-refractivity contribution in [1.29, 1.82) is 0 Å². The monoisotopic (exact) mass is 546 g/mol. The molecule has 7 atom stereocenters. The lowest BCUT2D eigenvalue weighted by atomic mass is 9.43. The molecule has 40 heavy (non-hydrogen) atoms. The number of aromatic nitrogens is 2. The fourth-order valence-corrected chi connectivity index (χ4v) is 8.29. The maximum absolute atomic E-state index is 13.9. The molecular weight excluding hydrogens is 503 g/mol.